The molecule has 1 rings (SSSR count). The lowest BCUT2D eigenvalue weighted by atomic mass is 9.92. The predicted molar refractivity (Wildman–Crippen MR) is 53.0 cm³/mol. The maximum absolute atomic E-state index is 10.8. The minimum absolute atomic E-state index is 0.152. The first-order valence-corrected chi connectivity index (χ1v) is 4.58. The number of hydrogen-bond donors (Lipinski definition) is 2. The Labute approximate surface area is 83.0 Å². The molecule has 0 radical (unpaired) electrons. The minimum atomic E-state index is -1.64. The molecule has 76 valence electrons. The number of carboxylic acid groups (broad SMARTS) is 1. The number of aliphatic hydroxyl groups is 1. The van der Waals surface area contributed by atoms with Gasteiger partial charge in [0.1, 0.15) is 0 Å². The van der Waals surface area contributed by atoms with Gasteiger partial charge in [0, 0.05) is 6.42 Å². The fourth-order valence-corrected chi connectivity index (χ4v) is 1.29. The summed E-state index contributed by atoms with van der Waals surface area (Å²) in [4.78, 5) is 10.8. The monoisotopic (exact) mass is 194 g/mol. The Bertz CT molecular complexity index is 308. The molecule has 0 amide bonds. The van der Waals surface area contributed by atoms with Gasteiger partial charge in [-0.3, -0.25) is 0 Å². The highest BCUT2D eigenvalue weighted by Gasteiger charge is 2.33. The average molecular weight is 194 g/mol. The van der Waals surface area contributed by atoms with E-state index in [1.807, 2.05) is 30.3 Å². The van der Waals surface area contributed by atoms with Crippen LogP contribution in [0.5, 0.6) is 0 Å². The van der Waals surface area contributed by atoms with Gasteiger partial charge in [-0.2, -0.15) is 0 Å². The molecule has 0 fully saturated rings. The van der Waals surface area contributed by atoms with E-state index in [-0.39, 0.29) is 12.8 Å². The zero-order valence-corrected chi connectivity index (χ0v) is 8.10. The maximum atomic E-state index is 10.8. The van der Waals surface area contributed by atoms with Gasteiger partial charge < -0.3 is 10.2 Å². The second kappa shape index (κ2) is 4.24. The Kier molecular flexibility index (Phi) is 3.25. The van der Waals surface area contributed by atoms with Gasteiger partial charge in [0.25, 0.3) is 0 Å². The Morgan fingerprint density at radius 3 is 2.36 bits per heavy atom. The highest BCUT2D eigenvalue weighted by atomic mass is 16.4. The molecule has 0 aliphatic rings. The van der Waals surface area contributed by atoms with Crippen molar-refractivity contribution in [1.82, 2.24) is 0 Å². The van der Waals surface area contributed by atoms with Crippen molar-refractivity contribution in [3.05, 3.63) is 35.9 Å². The fourth-order valence-electron chi connectivity index (χ4n) is 1.29. The second-order valence-corrected chi connectivity index (χ2v) is 3.35. The summed E-state index contributed by atoms with van der Waals surface area (Å²) >= 11 is 0. The third-order valence-electron chi connectivity index (χ3n) is 2.32. The van der Waals surface area contributed by atoms with Crippen LogP contribution in [-0.4, -0.2) is 21.8 Å². The molecule has 0 spiro atoms. The van der Waals surface area contributed by atoms with Crippen molar-refractivity contribution in [1.29, 1.82) is 0 Å². The van der Waals surface area contributed by atoms with E-state index < -0.39 is 11.6 Å². The molecule has 0 heterocycles. The van der Waals surface area contributed by atoms with Gasteiger partial charge in [0.15, 0.2) is 5.60 Å². The van der Waals surface area contributed by atoms with E-state index in [0.717, 1.165) is 5.56 Å². The van der Waals surface area contributed by atoms with Gasteiger partial charge in [-0.15, -0.1) is 0 Å². The van der Waals surface area contributed by atoms with Crippen LogP contribution in [0.25, 0.3) is 0 Å². The fraction of sp³-hybridized carbons (Fsp3) is 0.364. The molecule has 1 atom stereocenters. The first-order valence-electron chi connectivity index (χ1n) is 4.58. The molecule has 3 nitrogen and oxygen atoms in total. The summed E-state index contributed by atoms with van der Waals surface area (Å²) in [6.07, 6.45) is 0.358. The van der Waals surface area contributed by atoms with E-state index in [9.17, 15) is 9.90 Å². The highest BCUT2D eigenvalue weighted by molar-refractivity contribution is 5.77. The molecule has 0 bridgehead atoms. The summed E-state index contributed by atoms with van der Waals surface area (Å²) in [5.74, 6) is -1.16. The van der Waals surface area contributed by atoms with Gasteiger partial charge in [-0.1, -0.05) is 37.3 Å². The summed E-state index contributed by atoms with van der Waals surface area (Å²) in [6, 6.07) is 9.13. The molecule has 2 N–H and O–H groups in total. The van der Waals surface area contributed by atoms with Crippen molar-refractivity contribution in [2.75, 3.05) is 0 Å². The lowest BCUT2D eigenvalue weighted by Gasteiger charge is -2.21. The van der Waals surface area contributed by atoms with Gasteiger partial charge in [0.05, 0.1) is 0 Å². The standard InChI is InChI=1S/C11H14O3/c1-2-11(14,10(12)13)8-9-6-4-3-5-7-9/h3-7,14H,2,8H2,1H3,(H,12,13)/t11-/m0/s1. The largest absolute Gasteiger partial charge is 0.479 e. The molecule has 0 unspecified atom stereocenters. The van der Waals surface area contributed by atoms with Crippen LogP contribution in [0.2, 0.25) is 0 Å². The van der Waals surface area contributed by atoms with Crippen LogP contribution in [0.15, 0.2) is 30.3 Å². The van der Waals surface area contributed by atoms with Crippen LogP contribution in [0.3, 0.4) is 0 Å². The number of benzene rings is 1. The molecule has 1 aromatic rings. The zero-order chi connectivity index (χ0) is 10.6. The number of carbonyl (C=O) groups is 1. The number of carboxylic acids is 1. The van der Waals surface area contributed by atoms with Crippen LogP contribution < -0.4 is 0 Å². The van der Waals surface area contributed by atoms with E-state index >= 15 is 0 Å². The lowest BCUT2D eigenvalue weighted by molar-refractivity contribution is -0.158. The third-order valence-corrected chi connectivity index (χ3v) is 2.32. The summed E-state index contributed by atoms with van der Waals surface area (Å²) in [7, 11) is 0. The van der Waals surface area contributed by atoms with Crippen LogP contribution in [-0.2, 0) is 11.2 Å². The van der Waals surface area contributed by atoms with Crippen molar-refractivity contribution in [2.24, 2.45) is 0 Å². The summed E-state index contributed by atoms with van der Waals surface area (Å²) in [5.41, 5.74) is -0.805. The maximum Gasteiger partial charge on any atom is 0.336 e. The second-order valence-electron chi connectivity index (χ2n) is 3.35. The van der Waals surface area contributed by atoms with E-state index in [4.69, 9.17) is 5.11 Å². The number of rotatable bonds is 4. The molecule has 14 heavy (non-hydrogen) atoms. The van der Waals surface area contributed by atoms with Crippen LogP contribution in [0.4, 0.5) is 0 Å². The van der Waals surface area contributed by atoms with E-state index in [2.05, 4.69) is 0 Å². The molecular formula is C11H14O3. The Balaban J connectivity index is 2.81. The Morgan fingerprint density at radius 2 is 1.93 bits per heavy atom. The van der Waals surface area contributed by atoms with E-state index in [0.29, 0.717) is 0 Å². The average Bonchev–Trinajstić information content (AvgIpc) is 2.19. The van der Waals surface area contributed by atoms with Crippen LogP contribution in [0.1, 0.15) is 18.9 Å². The first kappa shape index (κ1) is 10.7. The van der Waals surface area contributed by atoms with Crippen molar-refractivity contribution in [3.8, 4) is 0 Å². The first-order chi connectivity index (χ1) is 6.58. The third kappa shape index (κ3) is 2.33. The normalized spacial score (nSPS) is 14.7. The molecule has 0 saturated carbocycles. The smallest absolute Gasteiger partial charge is 0.336 e. The van der Waals surface area contributed by atoms with Crippen molar-refractivity contribution < 1.29 is 15.0 Å². The molecule has 0 aliphatic carbocycles. The molecule has 0 aliphatic heterocycles. The highest BCUT2D eigenvalue weighted by Crippen LogP contribution is 2.17. The minimum Gasteiger partial charge on any atom is -0.479 e. The summed E-state index contributed by atoms with van der Waals surface area (Å²) < 4.78 is 0. The molecular weight excluding hydrogens is 180 g/mol. The Morgan fingerprint density at radius 1 is 1.36 bits per heavy atom. The zero-order valence-electron chi connectivity index (χ0n) is 8.10. The van der Waals surface area contributed by atoms with Crippen LogP contribution in [0, 0.1) is 0 Å². The molecule has 1 aromatic carbocycles. The molecule has 0 saturated heterocycles. The summed E-state index contributed by atoms with van der Waals surface area (Å²) in [6.45, 7) is 1.66. The van der Waals surface area contributed by atoms with Gasteiger partial charge >= 0.3 is 5.97 Å². The number of aliphatic carboxylic acids is 1. The van der Waals surface area contributed by atoms with Crippen LogP contribution >= 0.6 is 0 Å². The quantitative estimate of drug-likeness (QED) is 0.762. The topological polar surface area (TPSA) is 57.5 Å². The number of hydrogen-bond acceptors (Lipinski definition) is 2. The predicted octanol–water partition coefficient (Wildman–Crippen LogP) is 1.45. The van der Waals surface area contributed by atoms with E-state index in [1.165, 1.54) is 0 Å². The van der Waals surface area contributed by atoms with Crippen molar-refractivity contribution in [3.63, 3.8) is 0 Å². The SMILES string of the molecule is CC[C@](O)(Cc1ccccc1)C(=O)O. The molecule has 0 aromatic heterocycles. The van der Waals surface area contributed by atoms with E-state index in [1.54, 1.807) is 6.92 Å². The Hall–Kier alpha value is -1.35. The summed E-state index contributed by atoms with van der Waals surface area (Å²) in [5, 5.41) is 18.6. The lowest BCUT2D eigenvalue weighted by Crippen LogP contribution is -2.40. The van der Waals surface area contributed by atoms with Crippen molar-refractivity contribution >= 4 is 5.97 Å². The van der Waals surface area contributed by atoms with Gasteiger partial charge in [0.2, 0.25) is 0 Å². The van der Waals surface area contributed by atoms with Gasteiger partial charge in [-0.25, -0.2) is 4.79 Å². The molecule has 3 heteroatoms. The van der Waals surface area contributed by atoms with Gasteiger partial charge in [-0.05, 0) is 12.0 Å². The van der Waals surface area contributed by atoms with Crippen molar-refractivity contribution in [2.45, 2.75) is 25.4 Å².